The summed E-state index contributed by atoms with van der Waals surface area (Å²) in [6, 6.07) is 5.42. The molecule has 2 aromatic rings. The van der Waals surface area contributed by atoms with Crippen molar-refractivity contribution in [3.05, 3.63) is 46.0 Å². The molecule has 19 heavy (non-hydrogen) atoms. The Bertz CT molecular complexity index is 553. The van der Waals surface area contributed by atoms with Crippen LogP contribution in [0, 0.1) is 0 Å². The average molecular weight is 299 g/mol. The van der Waals surface area contributed by atoms with Gasteiger partial charge in [-0.3, -0.25) is 4.68 Å². The maximum Gasteiger partial charge on any atom is 0.138 e. The van der Waals surface area contributed by atoms with Gasteiger partial charge in [-0.25, -0.2) is 4.98 Å². The van der Waals surface area contributed by atoms with Crippen molar-refractivity contribution in [3.63, 3.8) is 0 Å². The first-order valence-electron chi connectivity index (χ1n) is 6.16. The second-order valence-corrected chi connectivity index (χ2v) is 5.24. The van der Waals surface area contributed by atoms with Gasteiger partial charge >= 0.3 is 0 Å². The molecule has 1 unspecified atom stereocenters. The van der Waals surface area contributed by atoms with Crippen LogP contribution in [-0.4, -0.2) is 20.8 Å². The minimum absolute atomic E-state index is 0.0480. The lowest BCUT2D eigenvalue weighted by atomic mass is 10.0. The highest BCUT2D eigenvalue weighted by Crippen LogP contribution is 2.22. The van der Waals surface area contributed by atoms with Crippen LogP contribution in [0.1, 0.15) is 18.3 Å². The van der Waals surface area contributed by atoms with Crippen LogP contribution in [0.3, 0.4) is 0 Å². The number of aryl methyl sites for hydroxylation is 1. The summed E-state index contributed by atoms with van der Waals surface area (Å²) >= 11 is 12.0. The molecule has 102 valence electrons. The summed E-state index contributed by atoms with van der Waals surface area (Å²) < 4.78 is 1.85. The summed E-state index contributed by atoms with van der Waals surface area (Å²) in [7, 11) is 0. The number of halogens is 2. The van der Waals surface area contributed by atoms with Gasteiger partial charge in [-0.1, -0.05) is 29.3 Å². The van der Waals surface area contributed by atoms with E-state index in [1.165, 1.54) is 0 Å². The van der Waals surface area contributed by atoms with Crippen LogP contribution in [0.2, 0.25) is 10.0 Å². The SMILES string of the molecule is CCn1ncnc1CC(N)Cc1ccc(Cl)cc1Cl. The fourth-order valence-corrected chi connectivity index (χ4v) is 2.47. The van der Waals surface area contributed by atoms with E-state index < -0.39 is 0 Å². The predicted molar refractivity (Wildman–Crippen MR) is 77.5 cm³/mol. The molecule has 0 aliphatic rings. The first kappa shape index (κ1) is 14.3. The Morgan fingerprint density at radius 2 is 2.11 bits per heavy atom. The summed E-state index contributed by atoms with van der Waals surface area (Å²) in [5.41, 5.74) is 7.16. The number of nitrogens with zero attached hydrogens (tertiary/aromatic N) is 3. The van der Waals surface area contributed by atoms with Gasteiger partial charge in [0.05, 0.1) is 0 Å². The molecule has 0 fully saturated rings. The molecule has 1 aromatic carbocycles. The highest BCUT2D eigenvalue weighted by molar-refractivity contribution is 6.35. The first-order chi connectivity index (χ1) is 9.10. The minimum Gasteiger partial charge on any atom is -0.327 e. The third-order valence-electron chi connectivity index (χ3n) is 2.94. The van der Waals surface area contributed by atoms with Gasteiger partial charge in [-0.15, -0.1) is 0 Å². The highest BCUT2D eigenvalue weighted by Gasteiger charge is 2.12. The van der Waals surface area contributed by atoms with Crippen molar-refractivity contribution in [2.75, 3.05) is 0 Å². The van der Waals surface area contributed by atoms with Gasteiger partial charge in [0.1, 0.15) is 12.2 Å². The molecule has 1 atom stereocenters. The summed E-state index contributed by atoms with van der Waals surface area (Å²) in [5, 5.41) is 5.42. The smallest absolute Gasteiger partial charge is 0.138 e. The zero-order chi connectivity index (χ0) is 13.8. The number of hydrogen-bond acceptors (Lipinski definition) is 3. The van der Waals surface area contributed by atoms with E-state index in [1.54, 1.807) is 12.4 Å². The fourth-order valence-electron chi connectivity index (χ4n) is 1.99. The largest absolute Gasteiger partial charge is 0.327 e. The van der Waals surface area contributed by atoms with Crippen molar-refractivity contribution in [1.29, 1.82) is 0 Å². The number of rotatable bonds is 5. The van der Waals surface area contributed by atoms with Crippen molar-refractivity contribution >= 4 is 23.2 Å². The van der Waals surface area contributed by atoms with Crippen LogP contribution in [0.25, 0.3) is 0 Å². The molecule has 0 amide bonds. The Hall–Kier alpha value is -1.10. The summed E-state index contributed by atoms with van der Waals surface area (Å²) in [6.07, 6.45) is 2.92. The van der Waals surface area contributed by atoms with Crippen molar-refractivity contribution in [1.82, 2.24) is 14.8 Å². The minimum atomic E-state index is -0.0480. The van der Waals surface area contributed by atoms with E-state index in [2.05, 4.69) is 10.1 Å². The molecule has 0 saturated heterocycles. The third-order valence-corrected chi connectivity index (χ3v) is 3.52. The Kier molecular flexibility index (Phi) is 4.80. The van der Waals surface area contributed by atoms with Gasteiger partial charge in [0.2, 0.25) is 0 Å². The second-order valence-electron chi connectivity index (χ2n) is 4.40. The summed E-state index contributed by atoms with van der Waals surface area (Å²) in [6.45, 7) is 2.82. The molecule has 0 aliphatic heterocycles. The predicted octanol–water partition coefficient (Wildman–Crippen LogP) is 2.72. The maximum atomic E-state index is 6.15. The second kappa shape index (κ2) is 6.37. The van der Waals surface area contributed by atoms with Crippen LogP contribution < -0.4 is 5.73 Å². The normalized spacial score (nSPS) is 12.6. The summed E-state index contributed by atoms with van der Waals surface area (Å²) in [4.78, 5) is 4.22. The maximum absolute atomic E-state index is 6.15. The highest BCUT2D eigenvalue weighted by atomic mass is 35.5. The van der Waals surface area contributed by atoms with Crippen LogP contribution in [0.15, 0.2) is 24.5 Å². The van der Waals surface area contributed by atoms with E-state index in [9.17, 15) is 0 Å². The van der Waals surface area contributed by atoms with E-state index >= 15 is 0 Å². The van der Waals surface area contributed by atoms with E-state index in [4.69, 9.17) is 28.9 Å². The summed E-state index contributed by atoms with van der Waals surface area (Å²) in [5.74, 6) is 0.903. The van der Waals surface area contributed by atoms with Gasteiger partial charge in [-0.05, 0) is 31.0 Å². The Morgan fingerprint density at radius 1 is 1.32 bits per heavy atom. The van der Waals surface area contributed by atoms with Gasteiger partial charge < -0.3 is 5.73 Å². The molecule has 1 aromatic heterocycles. The zero-order valence-corrected chi connectivity index (χ0v) is 12.2. The van der Waals surface area contributed by atoms with Crippen molar-refractivity contribution in [2.24, 2.45) is 5.73 Å². The Labute approximate surface area is 122 Å². The van der Waals surface area contributed by atoms with Gasteiger partial charge in [-0.2, -0.15) is 5.10 Å². The van der Waals surface area contributed by atoms with Crippen LogP contribution >= 0.6 is 23.2 Å². The van der Waals surface area contributed by atoms with Gasteiger partial charge in [0, 0.05) is 29.1 Å². The molecule has 1 heterocycles. The van der Waals surface area contributed by atoms with Crippen molar-refractivity contribution < 1.29 is 0 Å². The van der Waals surface area contributed by atoms with Crippen LogP contribution in [0.4, 0.5) is 0 Å². The molecular formula is C13H16Cl2N4. The molecule has 4 nitrogen and oxygen atoms in total. The van der Waals surface area contributed by atoms with E-state index in [1.807, 2.05) is 23.7 Å². The molecule has 0 bridgehead atoms. The standard InChI is InChI=1S/C13H16Cl2N4/c1-2-19-13(17-8-18-19)7-11(16)5-9-3-4-10(14)6-12(9)15/h3-4,6,8,11H,2,5,7,16H2,1H3. The zero-order valence-electron chi connectivity index (χ0n) is 10.7. The molecule has 0 aliphatic carbocycles. The number of nitrogens with two attached hydrogens (primary N) is 1. The number of benzene rings is 1. The number of aromatic nitrogens is 3. The van der Waals surface area contributed by atoms with Gasteiger partial charge in [0.25, 0.3) is 0 Å². The monoisotopic (exact) mass is 298 g/mol. The van der Waals surface area contributed by atoms with Gasteiger partial charge in [0.15, 0.2) is 0 Å². The fraction of sp³-hybridized carbons (Fsp3) is 0.385. The quantitative estimate of drug-likeness (QED) is 0.923. The Morgan fingerprint density at radius 3 is 2.79 bits per heavy atom. The lowest BCUT2D eigenvalue weighted by Crippen LogP contribution is -2.27. The van der Waals surface area contributed by atoms with Crippen molar-refractivity contribution in [2.45, 2.75) is 32.4 Å². The molecule has 0 radical (unpaired) electrons. The topological polar surface area (TPSA) is 56.7 Å². The Balaban J connectivity index is 2.03. The number of hydrogen-bond donors (Lipinski definition) is 1. The molecule has 2 N–H and O–H groups in total. The molecule has 6 heteroatoms. The molecule has 0 saturated carbocycles. The molecule has 2 rings (SSSR count). The first-order valence-corrected chi connectivity index (χ1v) is 6.92. The molecule has 0 spiro atoms. The van der Waals surface area contributed by atoms with E-state index in [-0.39, 0.29) is 6.04 Å². The lowest BCUT2D eigenvalue weighted by molar-refractivity contribution is 0.567. The third kappa shape index (κ3) is 3.69. The lowest BCUT2D eigenvalue weighted by Gasteiger charge is -2.13. The van der Waals surface area contributed by atoms with Crippen LogP contribution in [0.5, 0.6) is 0 Å². The molecular weight excluding hydrogens is 283 g/mol. The van der Waals surface area contributed by atoms with E-state index in [0.717, 1.165) is 17.9 Å². The van der Waals surface area contributed by atoms with E-state index in [0.29, 0.717) is 22.9 Å². The van der Waals surface area contributed by atoms with Crippen LogP contribution in [-0.2, 0) is 19.4 Å². The van der Waals surface area contributed by atoms with Crippen molar-refractivity contribution in [3.8, 4) is 0 Å². The average Bonchev–Trinajstić information content (AvgIpc) is 2.80.